The van der Waals surface area contributed by atoms with E-state index in [2.05, 4.69) is 15.9 Å². The normalized spacial score (nSPS) is 36.1. The second-order valence-corrected chi connectivity index (χ2v) is 6.51. The van der Waals surface area contributed by atoms with Gasteiger partial charge in [0.25, 0.3) is 6.04 Å². The molecule has 1 aromatic rings. The standard InChI is InChI=1S/C14H14BrNO4/c15-9-5-3-8(4-6-9)11-10-2-1-7-14(18,13(10)17)12(11)16(19)20/h3-6,10-12,18H,1-2,7H2/t10-,11-,12+,14-/m1/s1. The molecule has 2 saturated carbocycles. The van der Waals surface area contributed by atoms with Crippen LogP contribution in [0.25, 0.3) is 0 Å². The fourth-order valence-corrected chi connectivity index (χ4v) is 3.99. The van der Waals surface area contributed by atoms with Gasteiger partial charge in [0, 0.05) is 15.3 Å². The van der Waals surface area contributed by atoms with Crippen LogP contribution in [0, 0.1) is 16.0 Å². The van der Waals surface area contributed by atoms with Crippen molar-refractivity contribution in [2.45, 2.75) is 36.8 Å². The minimum Gasteiger partial charge on any atom is -0.376 e. The van der Waals surface area contributed by atoms with Gasteiger partial charge in [-0.3, -0.25) is 14.9 Å². The van der Waals surface area contributed by atoms with Crippen LogP contribution in [-0.2, 0) is 4.79 Å². The number of halogens is 1. The molecular formula is C14H14BrNO4. The molecule has 2 aliphatic rings. The van der Waals surface area contributed by atoms with Gasteiger partial charge in [-0.1, -0.05) is 28.1 Å². The lowest BCUT2D eigenvalue weighted by Crippen LogP contribution is -2.49. The first kappa shape index (κ1) is 13.7. The van der Waals surface area contributed by atoms with E-state index in [1.54, 1.807) is 12.1 Å². The van der Waals surface area contributed by atoms with Crippen LogP contribution in [0.2, 0.25) is 0 Å². The zero-order valence-corrected chi connectivity index (χ0v) is 12.2. The van der Waals surface area contributed by atoms with Crippen LogP contribution < -0.4 is 0 Å². The summed E-state index contributed by atoms with van der Waals surface area (Å²) in [6.45, 7) is 0. The summed E-state index contributed by atoms with van der Waals surface area (Å²) in [5.41, 5.74) is -1.03. The van der Waals surface area contributed by atoms with Crippen LogP contribution in [-0.4, -0.2) is 27.5 Å². The van der Waals surface area contributed by atoms with E-state index in [1.165, 1.54) is 0 Å². The van der Waals surface area contributed by atoms with E-state index >= 15 is 0 Å². The molecule has 1 N–H and O–H groups in total. The molecule has 4 atom stereocenters. The highest BCUT2D eigenvalue weighted by Gasteiger charge is 2.67. The van der Waals surface area contributed by atoms with Crippen LogP contribution in [0.5, 0.6) is 0 Å². The molecule has 6 heteroatoms. The van der Waals surface area contributed by atoms with Crippen molar-refractivity contribution < 1.29 is 14.8 Å². The van der Waals surface area contributed by atoms with Gasteiger partial charge in [-0.05, 0) is 37.0 Å². The highest BCUT2D eigenvalue weighted by atomic mass is 79.9. The third-order valence-electron chi connectivity index (χ3n) is 4.58. The van der Waals surface area contributed by atoms with Gasteiger partial charge in [0.1, 0.15) is 0 Å². The zero-order chi connectivity index (χ0) is 14.5. The van der Waals surface area contributed by atoms with Crippen molar-refractivity contribution in [1.29, 1.82) is 0 Å². The Morgan fingerprint density at radius 2 is 2.00 bits per heavy atom. The second kappa shape index (κ2) is 4.63. The number of nitro groups is 1. The van der Waals surface area contributed by atoms with Crippen LogP contribution in [0.3, 0.4) is 0 Å². The quantitative estimate of drug-likeness (QED) is 0.662. The van der Waals surface area contributed by atoms with E-state index in [1.807, 2.05) is 12.1 Å². The topological polar surface area (TPSA) is 80.4 Å². The molecule has 2 aliphatic carbocycles. The third kappa shape index (κ3) is 1.82. The monoisotopic (exact) mass is 339 g/mol. The number of rotatable bonds is 2. The number of aliphatic hydroxyl groups is 1. The van der Waals surface area contributed by atoms with Gasteiger partial charge < -0.3 is 5.11 Å². The van der Waals surface area contributed by atoms with Gasteiger partial charge in [-0.2, -0.15) is 0 Å². The van der Waals surface area contributed by atoms with Gasteiger partial charge in [0.15, 0.2) is 11.4 Å². The Hall–Kier alpha value is -1.27. The summed E-state index contributed by atoms with van der Waals surface area (Å²) in [7, 11) is 0. The molecule has 0 aromatic heterocycles. The molecule has 0 aliphatic heterocycles. The first-order chi connectivity index (χ1) is 9.45. The molecule has 5 nitrogen and oxygen atoms in total. The smallest absolute Gasteiger partial charge is 0.255 e. The summed E-state index contributed by atoms with van der Waals surface area (Å²) < 4.78 is 0.880. The van der Waals surface area contributed by atoms with Gasteiger partial charge in [0.2, 0.25) is 0 Å². The summed E-state index contributed by atoms with van der Waals surface area (Å²) in [6.07, 6.45) is 1.47. The van der Waals surface area contributed by atoms with Crippen molar-refractivity contribution >= 4 is 21.7 Å². The minimum absolute atomic E-state index is 0.195. The second-order valence-electron chi connectivity index (χ2n) is 5.59. The molecule has 0 amide bonds. The Morgan fingerprint density at radius 1 is 1.35 bits per heavy atom. The zero-order valence-electron chi connectivity index (χ0n) is 10.7. The van der Waals surface area contributed by atoms with Crippen LogP contribution in [0.15, 0.2) is 28.7 Å². The molecule has 0 unspecified atom stereocenters. The molecule has 0 saturated heterocycles. The lowest BCUT2D eigenvalue weighted by atomic mass is 9.82. The largest absolute Gasteiger partial charge is 0.376 e. The lowest BCUT2D eigenvalue weighted by Gasteiger charge is -2.25. The summed E-state index contributed by atoms with van der Waals surface area (Å²) in [5.74, 6) is -1.32. The average molecular weight is 340 g/mol. The predicted octanol–water partition coefficient (Wildman–Crippen LogP) is 2.29. The van der Waals surface area contributed by atoms with E-state index in [0.29, 0.717) is 12.8 Å². The number of ketones is 1. The first-order valence-electron chi connectivity index (χ1n) is 6.61. The van der Waals surface area contributed by atoms with Crippen molar-refractivity contribution in [2.75, 3.05) is 0 Å². The van der Waals surface area contributed by atoms with Gasteiger partial charge >= 0.3 is 0 Å². The van der Waals surface area contributed by atoms with Gasteiger partial charge in [0.05, 0.1) is 5.92 Å². The van der Waals surface area contributed by atoms with E-state index < -0.39 is 28.4 Å². The molecule has 2 bridgehead atoms. The van der Waals surface area contributed by atoms with Crippen molar-refractivity contribution in [3.05, 3.63) is 44.4 Å². The van der Waals surface area contributed by atoms with Crippen molar-refractivity contribution in [3.63, 3.8) is 0 Å². The fraction of sp³-hybridized carbons (Fsp3) is 0.500. The Morgan fingerprint density at radius 3 is 2.60 bits per heavy atom. The number of Topliss-reactive ketones (excluding diaryl/α,β-unsaturated/α-hetero) is 1. The average Bonchev–Trinajstić information content (AvgIpc) is 2.54. The molecule has 20 heavy (non-hydrogen) atoms. The minimum atomic E-state index is -1.79. The van der Waals surface area contributed by atoms with Crippen LogP contribution in [0.1, 0.15) is 30.7 Å². The number of fused-ring (bicyclic) bond motifs is 2. The third-order valence-corrected chi connectivity index (χ3v) is 5.11. The highest BCUT2D eigenvalue weighted by Crippen LogP contribution is 2.51. The molecule has 106 valence electrons. The first-order valence-corrected chi connectivity index (χ1v) is 7.40. The number of hydrogen-bond donors (Lipinski definition) is 1. The molecule has 0 spiro atoms. The van der Waals surface area contributed by atoms with E-state index in [0.717, 1.165) is 10.0 Å². The SMILES string of the molecule is O=C1[C@@H]2CCC[C@@]1(O)[C@@H]([N+](=O)[O-])[C@@H]2c1ccc(Br)cc1. The number of nitrogens with zero attached hydrogens (tertiary/aromatic N) is 1. The molecular weight excluding hydrogens is 326 g/mol. The van der Waals surface area contributed by atoms with Gasteiger partial charge in [-0.15, -0.1) is 0 Å². The number of hydrogen-bond acceptors (Lipinski definition) is 4. The molecule has 2 fully saturated rings. The van der Waals surface area contributed by atoms with E-state index in [-0.39, 0.29) is 12.2 Å². The summed E-state index contributed by atoms with van der Waals surface area (Å²) in [6, 6.07) is 5.97. The number of carbonyl (C=O) groups excluding carboxylic acids is 1. The van der Waals surface area contributed by atoms with Crippen molar-refractivity contribution in [3.8, 4) is 0 Å². The Bertz CT molecular complexity index is 573. The maximum absolute atomic E-state index is 12.3. The van der Waals surface area contributed by atoms with Crippen molar-refractivity contribution in [2.24, 2.45) is 5.92 Å². The van der Waals surface area contributed by atoms with E-state index in [4.69, 9.17) is 0 Å². The predicted molar refractivity (Wildman–Crippen MR) is 75.0 cm³/mol. The maximum Gasteiger partial charge on any atom is 0.255 e. The Balaban J connectivity index is 2.10. The molecule has 1 aromatic carbocycles. The summed E-state index contributed by atoms with van der Waals surface area (Å²) in [4.78, 5) is 23.3. The fourth-order valence-electron chi connectivity index (χ4n) is 3.73. The molecule has 0 radical (unpaired) electrons. The maximum atomic E-state index is 12.3. The van der Waals surface area contributed by atoms with Crippen LogP contribution >= 0.6 is 15.9 Å². The number of carbonyl (C=O) groups is 1. The number of benzene rings is 1. The molecule has 0 heterocycles. The Kier molecular flexibility index (Phi) is 3.17. The highest BCUT2D eigenvalue weighted by molar-refractivity contribution is 9.10. The molecule has 3 rings (SSSR count). The van der Waals surface area contributed by atoms with Crippen molar-refractivity contribution in [1.82, 2.24) is 0 Å². The summed E-state index contributed by atoms with van der Waals surface area (Å²) >= 11 is 3.33. The van der Waals surface area contributed by atoms with Crippen LogP contribution in [0.4, 0.5) is 0 Å². The Labute approximate surface area is 124 Å². The summed E-state index contributed by atoms with van der Waals surface area (Å²) in [5, 5.41) is 21.9. The van der Waals surface area contributed by atoms with E-state index in [9.17, 15) is 20.0 Å². The lowest BCUT2D eigenvalue weighted by molar-refractivity contribution is -0.542. The van der Waals surface area contributed by atoms with Gasteiger partial charge in [-0.25, -0.2) is 0 Å².